The molecule has 98 valence electrons. The van der Waals surface area contributed by atoms with Gasteiger partial charge < -0.3 is 5.11 Å². The lowest BCUT2D eigenvalue weighted by Crippen LogP contribution is -2.06. The monoisotopic (exact) mass is 364 g/mol. The summed E-state index contributed by atoms with van der Waals surface area (Å²) in [4.78, 5) is 0. The Morgan fingerprint density at radius 3 is 2.42 bits per heavy atom. The van der Waals surface area contributed by atoms with E-state index in [0.29, 0.717) is 0 Å². The van der Waals surface area contributed by atoms with E-state index in [1.165, 1.54) is 30.4 Å². The van der Waals surface area contributed by atoms with E-state index in [4.69, 9.17) is 0 Å². The molecule has 19 heavy (non-hydrogen) atoms. The molecule has 0 saturated carbocycles. The molecular formula is C17H17IO. The summed E-state index contributed by atoms with van der Waals surface area (Å²) in [6.45, 7) is 0. The highest BCUT2D eigenvalue weighted by Crippen LogP contribution is 2.28. The van der Waals surface area contributed by atoms with Crippen LogP contribution in [0.3, 0.4) is 0 Å². The van der Waals surface area contributed by atoms with Gasteiger partial charge in [0, 0.05) is 3.57 Å². The molecule has 0 aromatic heterocycles. The first-order chi connectivity index (χ1) is 9.24. The number of hydrogen-bond donors (Lipinski definition) is 1. The third kappa shape index (κ3) is 2.84. The maximum atomic E-state index is 10.5. The summed E-state index contributed by atoms with van der Waals surface area (Å²) in [5, 5.41) is 10.5. The molecule has 0 heterocycles. The Morgan fingerprint density at radius 1 is 0.895 bits per heavy atom. The Labute approximate surface area is 127 Å². The van der Waals surface area contributed by atoms with Crippen molar-refractivity contribution in [2.75, 3.05) is 0 Å². The number of halogens is 1. The Bertz CT molecular complexity index is 592. The minimum atomic E-state index is -0.512. The van der Waals surface area contributed by atoms with E-state index >= 15 is 0 Å². The molecule has 0 radical (unpaired) electrons. The lowest BCUT2D eigenvalue weighted by atomic mass is 9.88. The van der Waals surface area contributed by atoms with Crippen LogP contribution in [-0.4, -0.2) is 5.11 Å². The van der Waals surface area contributed by atoms with E-state index in [-0.39, 0.29) is 0 Å². The first-order valence-corrected chi connectivity index (χ1v) is 7.87. The van der Waals surface area contributed by atoms with Crippen molar-refractivity contribution >= 4 is 22.6 Å². The minimum Gasteiger partial charge on any atom is -0.384 e. The van der Waals surface area contributed by atoms with Crippen LogP contribution in [0.5, 0.6) is 0 Å². The topological polar surface area (TPSA) is 20.2 Å². The van der Waals surface area contributed by atoms with E-state index in [9.17, 15) is 5.11 Å². The third-order valence-corrected chi connectivity index (χ3v) is 4.52. The summed E-state index contributed by atoms with van der Waals surface area (Å²) < 4.78 is 1.16. The number of benzene rings is 2. The number of rotatable bonds is 2. The largest absolute Gasteiger partial charge is 0.384 e. The van der Waals surface area contributed by atoms with Gasteiger partial charge in [-0.05, 0) is 82.7 Å². The Kier molecular flexibility index (Phi) is 3.89. The number of aliphatic hydroxyl groups is 1. The minimum absolute atomic E-state index is 0.512. The molecule has 2 heteroatoms. The third-order valence-electron chi connectivity index (χ3n) is 3.85. The molecule has 0 amide bonds. The standard InChI is InChI=1S/C17H17IO/c18-16-7-3-6-14(11-16)17(19)15-9-8-12-4-1-2-5-13(12)10-15/h3,6-11,17,19H,1-2,4-5H2. The Morgan fingerprint density at radius 2 is 1.63 bits per heavy atom. The summed E-state index contributed by atoms with van der Waals surface area (Å²) in [6.07, 6.45) is 4.40. The fraction of sp³-hybridized carbons (Fsp3) is 0.294. The van der Waals surface area contributed by atoms with Crippen LogP contribution in [0.2, 0.25) is 0 Å². The van der Waals surface area contributed by atoms with E-state index in [2.05, 4.69) is 40.8 Å². The van der Waals surface area contributed by atoms with Crippen LogP contribution in [0.15, 0.2) is 42.5 Å². The molecule has 1 N–H and O–H groups in total. The normalized spacial score (nSPS) is 15.9. The van der Waals surface area contributed by atoms with Gasteiger partial charge in [-0.1, -0.05) is 30.3 Å². The molecule has 0 bridgehead atoms. The number of aliphatic hydroxyl groups excluding tert-OH is 1. The fourth-order valence-electron chi connectivity index (χ4n) is 2.79. The van der Waals surface area contributed by atoms with Gasteiger partial charge in [0.2, 0.25) is 0 Å². The molecule has 1 unspecified atom stereocenters. The summed E-state index contributed by atoms with van der Waals surface area (Å²) >= 11 is 2.28. The maximum Gasteiger partial charge on any atom is 0.104 e. The van der Waals surface area contributed by atoms with Crippen LogP contribution in [-0.2, 0) is 12.8 Å². The zero-order valence-electron chi connectivity index (χ0n) is 10.8. The molecule has 0 aliphatic heterocycles. The molecule has 1 atom stereocenters. The van der Waals surface area contributed by atoms with E-state index in [0.717, 1.165) is 21.1 Å². The first-order valence-electron chi connectivity index (χ1n) is 6.79. The average Bonchev–Trinajstić information content (AvgIpc) is 2.46. The van der Waals surface area contributed by atoms with Crippen LogP contribution in [0, 0.1) is 3.57 Å². The fourth-order valence-corrected chi connectivity index (χ4v) is 3.36. The van der Waals surface area contributed by atoms with Crippen molar-refractivity contribution in [3.05, 3.63) is 68.3 Å². The Hall–Kier alpha value is -0.870. The van der Waals surface area contributed by atoms with Crippen LogP contribution >= 0.6 is 22.6 Å². The van der Waals surface area contributed by atoms with Crippen molar-refractivity contribution in [3.63, 3.8) is 0 Å². The van der Waals surface area contributed by atoms with Crippen molar-refractivity contribution in [2.45, 2.75) is 31.8 Å². The average molecular weight is 364 g/mol. The van der Waals surface area contributed by atoms with Crippen molar-refractivity contribution in [2.24, 2.45) is 0 Å². The quantitative estimate of drug-likeness (QED) is 0.790. The second-order valence-electron chi connectivity index (χ2n) is 5.19. The highest BCUT2D eigenvalue weighted by atomic mass is 127. The highest BCUT2D eigenvalue weighted by molar-refractivity contribution is 14.1. The van der Waals surface area contributed by atoms with Crippen LogP contribution in [0.25, 0.3) is 0 Å². The van der Waals surface area contributed by atoms with E-state index in [1.54, 1.807) is 0 Å². The molecule has 1 nitrogen and oxygen atoms in total. The van der Waals surface area contributed by atoms with Crippen LogP contribution < -0.4 is 0 Å². The van der Waals surface area contributed by atoms with Gasteiger partial charge in [-0.3, -0.25) is 0 Å². The lowest BCUT2D eigenvalue weighted by molar-refractivity contribution is 0.220. The summed E-state index contributed by atoms with van der Waals surface area (Å²) in [7, 11) is 0. The van der Waals surface area contributed by atoms with Gasteiger partial charge in [-0.25, -0.2) is 0 Å². The molecule has 2 aromatic carbocycles. The molecule has 0 saturated heterocycles. The van der Waals surface area contributed by atoms with Crippen molar-refractivity contribution in [3.8, 4) is 0 Å². The predicted molar refractivity (Wildman–Crippen MR) is 86.3 cm³/mol. The van der Waals surface area contributed by atoms with Gasteiger partial charge in [0.15, 0.2) is 0 Å². The second-order valence-corrected chi connectivity index (χ2v) is 6.44. The molecule has 0 spiro atoms. The van der Waals surface area contributed by atoms with Gasteiger partial charge >= 0.3 is 0 Å². The Balaban J connectivity index is 1.93. The SMILES string of the molecule is OC(c1cccc(I)c1)c1ccc2c(c1)CCCC2. The maximum absolute atomic E-state index is 10.5. The van der Waals surface area contributed by atoms with Crippen LogP contribution in [0.1, 0.15) is 41.2 Å². The smallest absolute Gasteiger partial charge is 0.104 e. The number of fused-ring (bicyclic) bond motifs is 1. The number of hydrogen-bond acceptors (Lipinski definition) is 1. The molecular weight excluding hydrogens is 347 g/mol. The van der Waals surface area contributed by atoms with E-state index < -0.39 is 6.10 Å². The van der Waals surface area contributed by atoms with Crippen molar-refractivity contribution in [1.29, 1.82) is 0 Å². The molecule has 1 aliphatic rings. The summed E-state index contributed by atoms with van der Waals surface area (Å²) in [5.41, 5.74) is 4.88. The molecule has 2 aromatic rings. The van der Waals surface area contributed by atoms with Gasteiger partial charge in [0.05, 0.1) is 0 Å². The lowest BCUT2D eigenvalue weighted by Gasteiger charge is -2.19. The first kappa shape index (κ1) is 13.1. The zero-order valence-corrected chi connectivity index (χ0v) is 12.9. The van der Waals surface area contributed by atoms with Gasteiger partial charge in [-0.2, -0.15) is 0 Å². The van der Waals surface area contributed by atoms with E-state index in [1.807, 2.05) is 24.3 Å². The molecule has 1 aliphatic carbocycles. The van der Waals surface area contributed by atoms with Gasteiger partial charge in [-0.15, -0.1) is 0 Å². The van der Waals surface area contributed by atoms with Crippen molar-refractivity contribution in [1.82, 2.24) is 0 Å². The molecule has 3 rings (SSSR count). The summed E-state index contributed by atoms with van der Waals surface area (Å²) in [6, 6.07) is 14.5. The van der Waals surface area contributed by atoms with Gasteiger partial charge in [0.1, 0.15) is 6.10 Å². The van der Waals surface area contributed by atoms with Crippen molar-refractivity contribution < 1.29 is 5.11 Å². The van der Waals surface area contributed by atoms with Crippen LogP contribution in [0.4, 0.5) is 0 Å². The molecule has 0 fully saturated rings. The highest BCUT2D eigenvalue weighted by Gasteiger charge is 2.14. The number of aryl methyl sites for hydroxylation is 2. The van der Waals surface area contributed by atoms with Gasteiger partial charge in [0.25, 0.3) is 0 Å². The predicted octanol–water partition coefficient (Wildman–Crippen LogP) is 4.25. The zero-order chi connectivity index (χ0) is 13.2. The summed E-state index contributed by atoms with van der Waals surface area (Å²) in [5.74, 6) is 0. The second kappa shape index (κ2) is 5.63.